The van der Waals surface area contributed by atoms with Gasteiger partial charge in [-0.1, -0.05) is 12.1 Å². The topological polar surface area (TPSA) is 78.8 Å². The molecule has 0 bridgehead atoms. The number of hydrogen-bond donors (Lipinski definition) is 3. The fraction of sp³-hybridized carbons (Fsp3) is 0.533. The molecule has 0 fully saturated rings. The van der Waals surface area contributed by atoms with E-state index in [1.54, 1.807) is 24.3 Å². The molecule has 0 aliphatic carbocycles. The number of carbonyl (C=O) groups is 1. The summed E-state index contributed by atoms with van der Waals surface area (Å²) in [6.45, 7) is 5.63. The van der Waals surface area contributed by atoms with E-state index < -0.39 is 12.2 Å². The molecule has 5 heteroatoms. The van der Waals surface area contributed by atoms with E-state index in [0.717, 1.165) is 5.75 Å². The third-order valence-corrected chi connectivity index (χ3v) is 2.77. The molecular weight excluding hydrogens is 258 g/mol. The molecule has 2 unspecified atom stereocenters. The van der Waals surface area contributed by atoms with Crippen LogP contribution in [0, 0.1) is 0 Å². The number of rotatable bonds is 7. The van der Waals surface area contributed by atoms with Crippen LogP contribution >= 0.6 is 0 Å². The Bertz CT molecular complexity index is 416. The number of aliphatic hydroxyl groups is 2. The van der Waals surface area contributed by atoms with Crippen molar-refractivity contribution < 1.29 is 19.7 Å². The SMILES string of the molecule is CC(=O)NCCC(O)C(O)c1ccc(OC(C)C)cc1. The number of ether oxygens (including phenoxy) is 1. The van der Waals surface area contributed by atoms with Gasteiger partial charge in [0.15, 0.2) is 0 Å². The van der Waals surface area contributed by atoms with E-state index >= 15 is 0 Å². The standard InChI is InChI=1S/C15H23NO4/c1-10(2)20-13-6-4-12(5-7-13)15(19)14(18)8-9-16-11(3)17/h4-7,10,14-15,18-19H,8-9H2,1-3H3,(H,16,17). The molecule has 2 atom stereocenters. The van der Waals surface area contributed by atoms with Gasteiger partial charge in [0.1, 0.15) is 11.9 Å². The minimum atomic E-state index is -0.975. The number of benzene rings is 1. The fourth-order valence-corrected chi connectivity index (χ4v) is 1.79. The molecule has 0 aliphatic heterocycles. The lowest BCUT2D eigenvalue weighted by molar-refractivity contribution is -0.119. The summed E-state index contributed by atoms with van der Waals surface area (Å²) in [4.78, 5) is 10.7. The Morgan fingerprint density at radius 2 is 1.85 bits per heavy atom. The lowest BCUT2D eigenvalue weighted by Gasteiger charge is -2.19. The summed E-state index contributed by atoms with van der Waals surface area (Å²) in [5, 5.41) is 22.5. The van der Waals surface area contributed by atoms with E-state index in [1.165, 1.54) is 6.92 Å². The Labute approximate surface area is 119 Å². The maximum absolute atomic E-state index is 10.7. The third kappa shape index (κ3) is 5.59. The molecule has 1 aromatic rings. The van der Waals surface area contributed by atoms with Crippen LogP contribution in [0.5, 0.6) is 5.75 Å². The highest BCUT2D eigenvalue weighted by molar-refractivity contribution is 5.72. The summed E-state index contributed by atoms with van der Waals surface area (Å²) < 4.78 is 5.51. The maximum atomic E-state index is 10.7. The number of hydrogen-bond acceptors (Lipinski definition) is 4. The molecule has 1 aromatic carbocycles. The van der Waals surface area contributed by atoms with Crippen molar-refractivity contribution in [1.29, 1.82) is 0 Å². The monoisotopic (exact) mass is 281 g/mol. The van der Waals surface area contributed by atoms with Crippen molar-refractivity contribution >= 4 is 5.91 Å². The Kier molecular flexibility index (Phi) is 6.48. The normalized spacial score (nSPS) is 13.9. The zero-order valence-corrected chi connectivity index (χ0v) is 12.2. The Morgan fingerprint density at radius 1 is 1.25 bits per heavy atom. The molecule has 0 spiro atoms. The van der Waals surface area contributed by atoms with Crippen LogP contribution in [0.4, 0.5) is 0 Å². The van der Waals surface area contributed by atoms with Gasteiger partial charge < -0.3 is 20.3 Å². The van der Waals surface area contributed by atoms with Gasteiger partial charge in [-0.15, -0.1) is 0 Å². The third-order valence-electron chi connectivity index (χ3n) is 2.77. The molecule has 1 amide bonds. The van der Waals surface area contributed by atoms with Crippen LogP contribution in [-0.2, 0) is 4.79 Å². The van der Waals surface area contributed by atoms with Crippen LogP contribution < -0.4 is 10.1 Å². The van der Waals surface area contributed by atoms with E-state index in [1.807, 2.05) is 13.8 Å². The predicted molar refractivity (Wildman–Crippen MR) is 76.5 cm³/mol. The lowest BCUT2D eigenvalue weighted by Crippen LogP contribution is -2.27. The molecule has 112 valence electrons. The second-order valence-electron chi connectivity index (χ2n) is 5.02. The number of carbonyl (C=O) groups excluding carboxylic acids is 1. The highest BCUT2D eigenvalue weighted by Crippen LogP contribution is 2.22. The minimum Gasteiger partial charge on any atom is -0.491 e. The molecule has 0 radical (unpaired) electrons. The van der Waals surface area contributed by atoms with E-state index in [9.17, 15) is 15.0 Å². The fourth-order valence-electron chi connectivity index (χ4n) is 1.79. The van der Waals surface area contributed by atoms with E-state index in [4.69, 9.17) is 4.74 Å². The van der Waals surface area contributed by atoms with Crippen molar-refractivity contribution in [1.82, 2.24) is 5.32 Å². The van der Waals surface area contributed by atoms with Gasteiger partial charge in [-0.3, -0.25) is 4.79 Å². The second kappa shape index (κ2) is 7.87. The average Bonchev–Trinajstić information content (AvgIpc) is 2.37. The molecule has 5 nitrogen and oxygen atoms in total. The van der Waals surface area contributed by atoms with Gasteiger partial charge >= 0.3 is 0 Å². The summed E-state index contributed by atoms with van der Waals surface area (Å²) in [6, 6.07) is 6.98. The van der Waals surface area contributed by atoms with Gasteiger partial charge in [0.2, 0.25) is 5.91 Å². The Morgan fingerprint density at radius 3 is 2.35 bits per heavy atom. The first-order valence-electron chi connectivity index (χ1n) is 6.77. The van der Waals surface area contributed by atoms with E-state index in [2.05, 4.69) is 5.32 Å². The summed E-state index contributed by atoms with van der Waals surface area (Å²) in [5.74, 6) is 0.575. The van der Waals surface area contributed by atoms with Crippen LogP contribution in [-0.4, -0.2) is 34.9 Å². The van der Waals surface area contributed by atoms with E-state index in [0.29, 0.717) is 18.5 Å². The summed E-state index contributed by atoms with van der Waals surface area (Å²) in [6.07, 6.45) is -1.50. The number of nitrogens with one attached hydrogen (secondary N) is 1. The largest absolute Gasteiger partial charge is 0.491 e. The van der Waals surface area contributed by atoms with Crippen molar-refractivity contribution in [2.75, 3.05) is 6.54 Å². The molecule has 0 aromatic heterocycles. The minimum absolute atomic E-state index is 0.0917. The highest BCUT2D eigenvalue weighted by atomic mass is 16.5. The molecule has 3 N–H and O–H groups in total. The van der Waals surface area contributed by atoms with Crippen molar-refractivity contribution in [3.8, 4) is 5.75 Å². The van der Waals surface area contributed by atoms with Gasteiger partial charge in [-0.25, -0.2) is 0 Å². The van der Waals surface area contributed by atoms with Crippen LogP contribution in [0.15, 0.2) is 24.3 Å². The van der Waals surface area contributed by atoms with Crippen molar-refractivity contribution in [3.05, 3.63) is 29.8 Å². The lowest BCUT2D eigenvalue weighted by atomic mass is 10.0. The van der Waals surface area contributed by atoms with Crippen LogP contribution in [0.3, 0.4) is 0 Å². The summed E-state index contributed by atoms with van der Waals surface area (Å²) >= 11 is 0. The Hall–Kier alpha value is -1.59. The highest BCUT2D eigenvalue weighted by Gasteiger charge is 2.18. The van der Waals surface area contributed by atoms with Gasteiger partial charge in [0.25, 0.3) is 0 Å². The number of amides is 1. The zero-order valence-electron chi connectivity index (χ0n) is 12.2. The molecule has 0 aliphatic rings. The predicted octanol–water partition coefficient (Wildman–Crippen LogP) is 1.39. The zero-order chi connectivity index (χ0) is 15.1. The molecular formula is C15H23NO4. The molecule has 0 saturated heterocycles. The molecule has 0 saturated carbocycles. The smallest absolute Gasteiger partial charge is 0.216 e. The quantitative estimate of drug-likeness (QED) is 0.706. The average molecular weight is 281 g/mol. The summed E-state index contributed by atoms with van der Waals surface area (Å²) in [5.41, 5.74) is 0.622. The van der Waals surface area contributed by atoms with Gasteiger partial charge in [0.05, 0.1) is 12.2 Å². The molecule has 0 heterocycles. The molecule has 1 rings (SSSR count). The van der Waals surface area contributed by atoms with Crippen LogP contribution in [0.25, 0.3) is 0 Å². The maximum Gasteiger partial charge on any atom is 0.216 e. The van der Waals surface area contributed by atoms with Gasteiger partial charge in [-0.05, 0) is 38.0 Å². The second-order valence-corrected chi connectivity index (χ2v) is 5.02. The van der Waals surface area contributed by atoms with Crippen molar-refractivity contribution in [2.24, 2.45) is 0 Å². The Balaban J connectivity index is 2.53. The van der Waals surface area contributed by atoms with Gasteiger partial charge in [-0.2, -0.15) is 0 Å². The van der Waals surface area contributed by atoms with Crippen LogP contribution in [0.2, 0.25) is 0 Å². The first-order chi connectivity index (χ1) is 9.40. The summed E-state index contributed by atoms with van der Waals surface area (Å²) in [7, 11) is 0. The number of aliphatic hydroxyl groups excluding tert-OH is 2. The van der Waals surface area contributed by atoms with Crippen LogP contribution in [0.1, 0.15) is 38.9 Å². The van der Waals surface area contributed by atoms with E-state index in [-0.39, 0.29) is 12.0 Å². The van der Waals surface area contributed by atoms with Gasteiger partial charge in [0, 0.05) is 13.5 Å². The first-order valence-corrected chi connectivity index (χ1v) is 6.77. The first kappa shape index (κ1) is 16.5. The van der Waals surface area contributed by atoms with Crippen molar-refractivity contribution in [3.63, 3.8) is 0 Å². The van der Waals surface area contributed by atoms with Crippen molar-refractivity contribution in [2.45, 2.75) is 45.5 Å². The molecule has 20 heavy (non-hydrogen) atoms.